The van der Waals surface area contributed by atoms with Crippen LogP contribution in [0.1, 0.15) is 36.6 Å². The normalized spacial score (nSPS) is 16.3. The molecule has 1 heterocycles. The van der Waals surface area contributed by atoms with E-state index in [0.717, 1.165) is 28.9 Å². The summed E-state index contributed by atoms with van der Waals surface area (Å²) in [6, 6.07) is 15.4. The van der Waals surface area contributed by atoms with Crippen molar-refractivity contribution < 1.29 is 28.3 Å². The van der Waals surface area contributed by atoms with Crippen molar-refractivity contribution in [2.45, 2.75) is 31.5 Å². The molecular weight excluding hydrogens is 468 g/mol. The second-order valence-electron chi connectivity index (χ2n) is 8.72. The molecule has 0 fully saturated rings. The number of fused-ring (bicyclic) bond motifs is 3. The maximum absolute atomic E-state index is 13.4. The van der Waals surface area contributed by atoms with E-state index in [2.05, 4.69) is 10.6 Å². The van der Waals surface area contributed by atoms with Crippen molar-refractivity contribution >= 4 is 23.4 Å². The summed E-state index contributed by atoms with van der Waals surface area (Å²) in [5.41, 5.74) is 2.81. The van der Waals surface area contributed by atoms with Crippen molar-refractivity contribution in [3.63, 3.8) is 0 Å². The van der Waals surface area contributed by atoms with Gasteiger partial charge in [-0.05, 0) is 41.8 Å². The average Bonchev–Trinajstić information content (AvgIpc) is 2.92. The fourth-order valence-corrected chi connectivity index (χ4v) is 4.33. The number of anilines is 1. The van der Waals surface area contributed by atoms with E-state index in [1.807, 2.05) is 36.4 Å². The van der Waals surface area contributed by atoms with Crippen LogP contribution in [0.3, 0.4) is 0 Å². The second kappa shape index (κ2) is 10.2. The molecule has 36 heavy (non-hydrogen) atoms. The standard InChI is InChI=1S/C27H25F2N3O4/c1-15(30-26(35)25(34)16-12-17(28)14-18(29)13-16)11-23(33)31-24-21-9-4-3-7-19(21)20-8-5-6-10-22(20)32(2)27(24)36/h3-10,12-15,24-25,34H,11H2,1-2H3,(H,30,35)(H,31,33)/t15-,24+,25+/m1/s1. The molecule has 1 aliphatic rings. The molecule has 0 bridgehead atoms. The number of halogens is 2. The minimum absolute atomic E-state index is 0.196. The Morgan fingerprint density at radius 3 is 2.31 bits per heavy atom. The molecular formula is C27H25F2N3O4. The summed E-state index contributed by atoms with van der Waals surface area (Å²) >= 11 is 0. The number of aliphatic hydroxyl groups is 1. The molecule has 3 N–H and O–H groups in total. The first-order valence-electron chi connectivity index (χ1n) is 11.4. The first-order chi connectivity index (χ1) is 17.2. The number of hydrogen-bond donors (Lipinski definition) is 3. The van der Waals surface area contributed by atoms with Crippen LogP contribution in [-0.2, 0) is 14.4 Å². The zero-order chi connectivity index (χ0) is 26.0. The molecule has 0 aliphatic carbocycles. The predicted molar refractivity (Wildman–Crippen MR) is 130 cm³/mol. The lowest BCUT2D eigenvalue weighted by Crippen LogP contribution is -2.44. The number of nitrogens with zero attached hydrogens (tertiary/aromatic N) is 1. The summed E-state index contributed by atoms with van der Waals surface area (Å²) in [5.74, 6) is -3.58. The third-order valence-electron chi connectivity index (χ3n) is 6.04. The van der Waals surface area contributed by atoms with E-state index >= 15 is 0 Å². The van der Waals surface area contributed by atoms with Gasteiger partial charge in [-0.2, -0.15) is 0 Å². The van der Waals surface area contributed by atoms with Crippen LogP contribution in [0.15, 0.2) is 66.7 Å². The number of aliphatic hydroxyl groups excluding tert-OH is 1. The number of carbonyl (C=O) groups is 3. The average molecular weight is 494 g/mol. The van der Waals surface area contributed by atoms with Gasteiger partial charge in [-0.25, -0.2) is 8.78 Å². The molecule has 3 aromatic carbocycles. The smallest absolute Gasteiger partial charge is 0.253 e. The Morgan fingerprint density at radius 2 is 1.61 bits per heavy atom. The largest absolute Gasteiger partial charge is 0.378 e. The minimum atomic E-state index is -1.82. The van der Waals surface area contributed by atoms with Gasteiger partial charge in [0.1, 0.15) is 17.7 Å². The number of nitrogens with one attached hydrogen (secondary N) is 2. The van der Waals surface area contributed by atoms with Gasteiger partial charge in [0.25, 0.3) is 11.8 Å². The molecule has 3 aromatic rings. The van der Waals surface area contributed by atoms with Crippen molar-refractivity contribution in [3.8, 4) is 11.1 Å². The number of para-hydroxylation sites is 1. The highest BCUT2D eigenvalue weighted by molar-refractivity contribution is 6.06. The number of rotatable bonds is 6. The van der Waals surface area contributed by atoms with E-state index in [0.29, 0.717) is 11.6 Å². The molecule has 4 rings (SSSR count). The summed E-state index contributed by atoms with van der Waals surface area (Å²) < 4.78 is 26.8. The van der Waals surface area contributed by atoms with E-state index in [4.69, 9.17) is 0 Å². The van der Waals surface area contributed by atoms with Gasteiger partial charge in [-0.15, -0.1) is 0 Å². The topological polar surface area (TPSA) is 98.7 Å². The van der Waals surface area contributed by atoms with Crippen molar-refractivity contribution in [2.24, 2.45) is 0 Å². The third kappa shape index (κ3) is 5.11. The number of likely N-dealkylation sites (N-methyl/N-ethyl adjacent to an activating group) is 1. The number of carbonyl (C=O) groups excluding carboxylic acids is 3. The molecule has 0 aromatic heterocycles. The molecule has 0 saturated carbocycles. The Hall–Kier alpha value is -4.11. The molecule has 3 atom stereocenters. The van der Waals surface area contributed by atoms with E-state index in [9.17, 15) is 28.3 Å². The third-order valence-corrected chi connectivity index (χ3v) is 6.04. The summed E-state index contributed by atoms with van der Waals surface area (Å²) in [4.78, 5) is 40.1. The predicted octanol–water partition coefficient (Wildman–Crippen LogP) is 3.39. The van der Waals surface area contributed by atoms with Crippen LogP contribution in [0.2, 0.25) is 0 Å². The minimum Gasteiger partial charge on any atom is -0.378 e. The van der Waals surface area contributed by atoms with Crippen molar-refractivity contribution in [1.29, 1.82) is 0 Å². The Bertz CT molecular complexity index is 1310. The van der Waals surface area contributed by atoms with Gasteiger partial charge in [0.05, 0.1) is 5.69 Å². The molecule has 186 valence electrons. The lowest BCUT2D eigenvalue weighted by Gasteiger charge is -2.24. The summed E-state index contributed by atoms with van der Waals surface area (Å²) in [7, 11) is 1.64. The molecule has 0 radical (unpaired) electrons. The van der Waals surface area contributed by atoms with Crippen LogP contribution in [0.4, 0.5) is 14.5 Å². The maximum Gasteiger partial charge on any atom is 0.253 e. The van der Waals surface area contributed by atoms with Gasteiger partial charge >= 0.3 is 0 Å². The lowest BCUT2D eigenvalue weighted by atomic mass is 9.95. The first-order valence-corrected chi connectivity index (χ1v) is 11.4. The Kier molecular flexibility index (Phi) is 7.12. The SMILES string of the molecule is C[C@H](CC(=O)N[C@@H]1C(=O)N(C)c2ccccc2-c2ccccc21)NC(=O)[C@@H](O)c1cc(F)cc(F)c1. The summed E-state index contributed by atoms with van der Waals surface area (Å²) in [6.07, 6.45) is -2.01. The fourth-order valence-electron chi connectivity index (χ4n) is 4.33. The monoisotopic (exact) mass is 493 g/mol. The second-order valence-corrected chi connectivity index (χ2v) is 8.72. The Labute approximate surface area is 206 Å². The molecule has 7 nitrogen and oxygen atoms in total. The lowest BCUT2D eigenvalue weighted by molar-refractivity contribution is -0.131. The molecule has 0 unspecified atom stereocenters. The highest BCUT2D eigenvalue weighted by Gasteiger charge is 2.33. The fraction of sp³-hybridized carbons (Fsp3) is 0.222. The Balaban J connectivity index is 1.46. The van der Waals surface area contributed by atoms with Crippen molar-refractivity contribution in [1.82, 2.24) is 10.6 Å². The van der Waals surface area contributed by atoms with Gasteiger partial charge < -0.3 is 20.6 Å². The van der Waals surface area contributed by atoms with Crippen LogP contribution in [0.25, 0.3) is 11.1 Å². The number of amides is 3. The highest BCUT2D eigenvalue weighted by atomic mass is 19.1. The first kappa shape index (κ1) is 25.0. The van der Waals surface area contributed by atoms with E-state index in [1.165, 1.54) is 4.90 Å². The number of hydrogen-bond acceptors (Lipinski definition) is 4. The van der Waals surface area contributed by atoms with Gasteiger partial charge in [0, 0.05) is 31.1 Å². The summed E-state index contributed by atoms with van der Waals surface area (Å²) in [6.45, 7) is 1.54. The molecule has 0 saturated heterocycles. The van der Waals surface area contributed by atoms with E-state index in [1.54, 1.807) is 26.1 Å². The zero-order valence-electron chi connectivity index (χ0n) is 19.7. The van der Waals surface area contributed by atoms with Gasteiger partial charge in [0.2, 0.25) is 5.91 Å². The Morgan fingerprint density at radius 1 is 1.00 bits per heavy atom. The van der Waals surface area contributed by atoms with E-state index < -0.39 is 41.6 Å². The van der Waals surface area contributed by atoms with Crippen LogP contribution < -0.4 is 15.5 Å². The van der Waals surface area contributed by atoms with Crippen LogP contribution >= 0.6 is 0 Å². The quantitative estimate of drug-likeness (QED) is 0.490. The van der Waals surface area contributed by atoms with Gasteiger partial charge in [-0.1, -0.05) is 42.5 Å². The molecule has 3 amide bonds. The summed E-state index contributed by atoms with van der Waals surface area (Å²) in [5, 5.41) is 15.4. The van der Waals surface area contributed by atoms with Crippen molar-refractivity contribution in [2.75, 3.05) is 11.9 Å². The van der Waals surface area contributed by atoms with Gasteiger partial charge in [0.15, 0.2) is 6.10 Å². The zero-order valence-corrected chi connectivity index (χ0v) is 19.7. The van der Waals surface area contributed by atoms with Crippen LogP contribution in [0, 0.1) is 11.6 Å². The highest BCUT2D eigenvalue weighted by Crippen LogP contribution is 2.39. The van der Waals surface area contributed by atoms with E-state index in [-0.39, 0.29) is 17.9 Å². The van der Waals surface area contributed by atoms with Crippen LogP contribution in [0.5, 0.6) is 0 Å². The number of benzene rings is 3. The van der Waals surface area contributed by atoms with Crippen molar-refractivity contribution in [3.05, 3.63) is 89.5 Å². The molecule has 0 spiro atoms. The molecule has 9 heteroatoms. The molecule has 1 aliphatic heterocycles. The van der Waals surface area contributed by atoms with Crippen LogP contribution in [-0.4, -0.2) is 35.9 Å². The van der Waals surface area contributed by atoms with Gasteiger partial charge in [-0.3, -0.25) is 14.4 Å². The maximum atomic E-state index is 13.4.